The molecule has 1 amide bonds. The molecule has 162 valence electrons. The number of rotatable bonds is 7. The fraction of sp³-hybridized carbons (Fsp3) is 0.120. The van der Waals surface area contributed by atoms with Crippen molar-refractivity contribution >= 4 is 40.3 Å². The van der Waals surface area contributed by atoms with Crippen molar-refractivity contribution in [3.05, 3.63) is 100 Å². The highest BCUT2D eigenvalue weighted by Crippen LogP contribution is 2.27. The zero-order chi connectivity index (χ0) is 22.5. The van der Waals surface area contributed by atoms with Crippen LogP contribution in [0.4, 0.5) is 10.1 Å². The number of amides is 1. The summed E-state index contributed by atoms with van der Waals surface area (Å²) >= 11 is 6.37. The fourth-order valence-electron chi connectivity index (χ4n) is 3.58. The maximum absolute atomic E-state index is 13.0. The lowest BCUT2D eigenvalue weighted by molar-refractivity contribution is -0.119. The Morgan fingerprint density at radius 1 is 1.06 bits per heavy atom. The number of fused-ring (bicyclic) bond motifs is 1. The summed E-state index contributed by atoms with van der Waals surface area (Å²) in [5, 5.41) is 8.85. The molecule has 0 saturated heterocycles. The van der Waals surface area contributed by atoms with E-state index in [0.29, 0.717) is 12.2 Å². The zero-order valence-corrected chi connectivity index (χ0v) is 18.2. The lowest BCUT2D eigenvalue weighted by atomic mass is 10.1. The molecule has 0 spiro atoms. The van der Waals surface area contributed by atoms with Gasteiger partial charge in [-0.2, -0.15) is 5.10 Å². The van der Waals surface area contributed by atoms with Crippen LogP contribution in [0.15, 0.2) is 77.9 Å². The van der Waals surface area contributed by atoms with Gasteiger partial charge in [-0.1, -0.05) is 48.0 Å². The average Bonchev–Trinajstić information content (AvgIpc) is 3.06. The second kappa shape index (κ2) is 9.66. The van der Waals surface area contributed by atoms with Gasteiger partial charge >= 0.3 is 0 Å². The summed E-state index contributed by atoms with van der Waals surface area (Å²) in [6, 6.07) is 21.7. The molecule has 2 N–H and O–H groups in total. The number of benzene rings is 3. The maximum Gasteiger partial charge on any atom is 0.259 e. The van der Waals surface area contributed by atoms with Crippen molar-refractivity contribution in [2.24, 2.45) is 5.10 Å². The van der Waals surface area contributed by atoms with Crippen molar-refractivity contribution < 1.29 is 9.18 Å². The van der Waals surface area contributed by atoms with E-state index >= 15 is 0 Å². The molecule has 4 aromatic rings. The minimum atomic E-state index is -0.325. The SMILES string of the molecule is Cc1c(/C=N\NC(=O)CNc2ccc(F)cc2)c2ccccc2n1Cc1ccccc1Cl. The van der Waals surface area contributed by atoms with Crippen molar-refractivity contribution in [2.75, 3.05) is 11.9 Å². The fourth-order valence-corrected chi connectivity index (χ4v) is 3.78. The van der Waals surface area contributed by atoms with Gasteiger partial charge in [-0.05, 0) is 48.9 Å². The molecule has 0 bridgehead atoms. The Bertz CT molecular complexity index is 1280. The molecule has 0 fully saturated rings. The number of halogens is 2. The van der Waals surface area contributed by atoms with E-state index in [1.54, 1.807) is 18.3 Å². The summed E-state index contributed by atoms with van der Waals surface area (Å²) in [7, 11) is 0. The highest BCUT2D eigenvalue weighted by Gasteiger charge is 2.13. The first-order valence-corrected chi connectivity index (χ1v) is 10.5. The van der Waals surface area contributed by atoms with Crippen LogP contribution >= 0.6 is 11.6 Å². The normalized spacial score (nSPS) is 11.2. The summed E-state index contributed by atoms with van der Waals surface area (Å²) in [5.74, 6) is -0.628. The zero-order valence-electron chi connectivity index (χ0n) is 17.5. The van der Waals surface area contributed by atoms with Crippen LogP contribution in [-0.4, -0.2) is 23.2 Å². The van der Waals surface area contributed by atoms with Crippen molar-refractivity contribution in [2.45, 2.75) is 13.5 Å². The minimum Gasteiger partial charge on any atom is -0.376 e. The van der Waals surface area contributed by atoms with E-state index in [0.717, 1.165) is 32.7 Å². The Morgan fingerprint density at radius 2 is 1.78 bits per heavy atom. The second-order valence-electron chi connectivity index (χ2n) is 7.35. The largest absolute Gasteiger partial charge is 0.376 e. The third-order valence-electron chi connectivity index (χ3n) is 5.25. The summed E-state index contributed by atoms with van der Waals surface area (Å²) in [6.45, 7) is 2.68. The molecule has 0 atom stereocenters. The first kappa shape index (κ1) is 21.6. The molecular formula is C25H22ClFN4O. The molecule has 1 aromatic heterocycles. The number of aromatic nitrogens is 1. The molecule has 0 aliphatic carbocycles. The van der Waals surface area contributed by atoms with Crippen LogP contribution in [0.3, 0.4) is 0 Å². The average molecular weight is 449 g/mol. The van der Waals surface area contributed by atoms with E-state index in [-0.39, 0.29) is 18.3 Å². The van der Waals surface area contributed by atoms with Gasteiger partial charge in [-0.15, -0.1) is 0 Å². The van der Waals surface area contributed by atoms with E-state index < -0.39 is 0 Å². The van der Waals surface area contributed by atoms with Crippen molar-refractivity contribution in [1.82, 2.24) is 9.99 Å². The smallest absolute Gasteiger partial charge is 0.259 e. The number of para-hydroxylation sites is 1. The Kier molecular flexibility index (Phi) is 6.52. The summed E-state index contributed by atoms with van der Waals surface area (Å²) in [4.78, 5) is 12.1. The summed E-state index contributed by atoms with van der Waals surface area (Å²) < 4.78 is 15.2. The molecular weight excluding hydrogens is 427 g/mol. The maximum atomic E-state index is 13.0. The van der Waals surface area contributed by atoms with E-state index in [4.69, 9.17) is 11.6 Å². The van der Waals surface area contributed by atoms with Crippen LogP contribution in [0.5, 0.6) is 0 Å². The van der Waals surface area contributed by atoms with Gasteiger partial charge < -0.3 is 9.88 Å². The van der Waals surface area contributed by atoms with Crippen LogP contribution in [0, 0.1) is 12.7 Å². The third kappa shape index (κ3) is 4.81. The van der Waals surface area contributed by atoms with E-state index in [2.05, 4.69) is 26.5 Å². The number of carbonyl (C=O) groups excluding carboxylic acids is 1. The summed E-state index contributed by atoms with van der Waals surface area (Å²) in [6.07, 6.45) is 1.66. The van der Waals surface area contributed by atoms with Crippen molar-refractivity contribution in [3.63, 3.8) is 0 Å². The highest BCUT2D eigenvalue weighted by atomic mass is 35.5. The van der Waals surface area contributed by atoms with Gasteiger partial charge in [0.15, 0.2) is 0 Å². The van der Waals surface area contributed by atoms with Gasteiger partial charge in [0.05, 0.1) is 12.8 Å². The van der Waals surface area contributed by atoms with Crippen molar-refractivity contribution in [1.29, 1.82) is 0 Å². The van der Waals surface area contributed by atoms with Gasteiger partial charge in [-0.3, -0.25) is 4.79 Å². The first-order chi connectivity index (χ1) is 15.5. The van der Waals surface area contributed by atoms with Gasteiger partial charge in [0.25, 0.3) is 5.91 Å². The predicted octanol–water partition coefficient (Wildman–Crippen LogP) is 5.35. The van der Waals surface area contributed by atoms with Gasteiger partial charge in [0.2, 0.25) is 0 Å². The molecule has 0 unspecified atom stereocenters. The number of anilines is 1. The number of nitrogens with one attached hydrogen (secondary N) is 2. The standard InChI is InChI=1S/C25H22ClFN4O/c1-17-22(14-29-30-25(32)15-28-20-12-10-19(27)11-13-20)21-7-3-5-9-24(21)31(17)16-18-6-2-4-8-23(18)26/h2-14,28H,15-16H2,1H3,(H,30,32)/b29-14-. The number of hydrazone groups is 1. The Labute approximate surface area is 190 Å². The molecule has 0 saturated carbocycles. The van der Waals surface area contributed by atoms with Gasteiger partial charge in [-0.25, -0.2) is 9.82 Å². The monoisotopic (exact) mass is 448 g/mol. The first-order valence-electron chi connectivity index (χ1n) is 10.2. The lowest BCUT2D eigenvalue weighted by Crippen LogP contribution is -2.25. The van der Waals surface area contributed by atoms with E-state index in [1.807, 2.05) is 49.4 Å². The minimum absolute atomic E-state index is 0.0240. The number of hydrogen-bond acceptors (Lipinski definition) is 3. The van der Waals surface area contributed by atoms with Gasteiger partial charge in [0.1, 0.15) is 5.82 Å². The molecule has 1 heterocycles. The van der Waals surface area contributed by atoms with Crippen molar-refractivity contribution in [3.8, 4) is 0 Å². The van der Waals surface area contributed by atoms with Crippen LogP contribution < -0.4 is 10.7 Å². The van der Waals surface area contributed by atoms with Gasteiger partial charge in [0, 0.05) is 39.4 Å². The number of nitrogens with zero attached hydrogens (tertiary/aromatic N) is 2. The van der Waals surface area contributed by atoms with Crippen LogP contribution in [0.25, 0.3) is 10.9 Å². The summed E-state index contributed by atoms with van der Waals surface area (Å²) in [5.41, 5.74) is 7.24. The second-order valence-corrected chi connectivity index (χ2v) is 7.75. The lowest BCUT2D eigenvalue weighted by Gasteiger charge is -2.10. The van der Waals surface area contributed by atoms with Crippen LogP contribution in [-0.2, 0) is 11.3 Å². The van der Waals surface area contributed by atoms with Crippen LogP contribution in [0.2, 0.25) is 5.02 Å². The van der Waals surface area contributed by atoms with E-state index in [1.165, 1.54) is 12.1 Å². The third-order valence-corrected chi connectivity index (χ3v) is 5.61. The molecule has 4 rings (SSSR count). The topological polar surface area (TPSA) is 58.4 Å². The number of hydrogen-bond donors (Lipinski definition) is 2. The molecule has 5 nitrogen and oxygen atoms in total. The quantitative estimate of drug-likeness (QED) is 0.295. The Morgan fingerprint density at radius 3 is 2.56 bits per heavy atom. The molecule has 7 heteroatoms. The predicted molar refractivity (Wildman–Crippen MR) is 128 cm³/mol. The molecule has 3 aromatic carbocycles. The molecule has 0 radical (unpaired) electrons. The van der Waals surface area contributed by atoms with E-state index in [9.17, 15) is 9.18 Å². The highest BCUT2D eigenvalue weighted by molar-refractivity contribution is 6.31. The molecule has 0 aliphatic heterocycles. The molecule has 32 heavy (non-hydrogen) atoms. The Hall–Kier alpha value is -3.64. The molecule has 0 aliphatic rings. The Balaban J connectivity index is 1.49. The van der Waals surface area contributed by atoms with Crippen LogP contribution in [0.1, 0.15) is 16.8 Å². The number of carbonyl (C=O) groups is 1.